The summed E-state index contributed by atoms with van der Waals surface area (Å²) < 4.78 is 10.8. The Labute approximate surface area is 175 Å². The molecule has 1 aromatic heterocycles. The van der Waals surface area contributed by atoms with Crippen LogP contribution < -0.4 is 10.1 Å². The third kappa shape index (κ3) is 6.09. The lowest BCUT2D eigenvalue weighted by molar-refractivity contribution is -0.119. The highest BCUT2D eigenvalue weighted by atomic mass is 32.2. The van der Waals surface area contributed by atoms with E-state index in [0.29, 0.717) is 17.0 Å². The predicted molar refractivity (Wildman–Crippen MR) is 114 cm³/mol. The van der Waals surface area contributed by atoms with Gasteiger partial charge in [-0.2, -0.15) is 0 Å². The highest BCUT2D eigenvalue weighted by Crippen LogP contribution is 2.25. The molecular formula is C22H25N3O3S. The number of nitrogens with zero attached hydrogens (tertiary/aromatic N) is 2. The molecule has 0 aliphatic rings. The van der Waals surface area contributed by atoms with E-state index in [0.717, 1.165) is 23.3 Å². The van der Waals surface area contributed by atoms with Crippen LogP contribution in [0, 0.1) is 5.92 Å². The van der Waals surface area contributed by atoms with Crippen molar-refractivity contribution in [2.24, 2.45) is 5.92 Å². The third-order valence-electron chi connectivity index (χ3n) is 4.31. The van der Waals surface area contributed by atoms with Gasteiger partial charge < -0.3 is 14.5 Å². The Morgan fingerprint density at radius 1 is 1.10 bits per heavy atom. The number of carbonyl (C=O) groups excluding carboxylic acids is 1. The average molecular weight is 412 g/mol. The minimum atomic E-state index is -0.0614. The molecule has 0 unspecified atom stereocenters. The molecule has 0 saturated carbocycles. The molecule has 0 aliphatic carbocycles. The summed E-state index contributed by atoms with van der Waals surface area (Å²) in [7, 11) is 1.62. The second-order valence-electron chi connectivity index (χ2n) is 7.05. The largest absolute Gasteiger partial charge is 0.497 e. The van der Waals surface area contributed by atoms with Crippen LogP contribution in [0.25, 0.3) is 11.5 Å². The number of benzene rings is 2. The molecule has 1 heterocycles. The van der Waals surface area contributed by atoms with Crippen molar-refractivity contribution in [2.45, 2.75) is 31.5 Å². The maximum Gasteiger partial charge on any atom is 0.277 e. The summed E-state index contributed by atoms with van der Waals surface area (Å²) in [6.07, 6.45) is 0.878. The fraction of sp³-hybridized carbons (Fsp3) is 0.318. The van der Waals surface area contributed by atoms with E-state index in [1.165, 1.54) is 11.8 Å². The van der Waals surface area contributed by atoms with Crippen LogP contribution in [0.2, 0.25) is 0 Å². The molecule has 0 spiro atoms. The lowest BCUT2D eigenvalue weighted by Crippen LogP contribution is -2.30. The van der Waals surface area contributed by atoms with Gasteiger partial charge in [-0.3, -0.25) is 4.79 Å². The molecule has 1 atom stereocenters. The average Bonchev–Trinajstić information content (AvgIpc) is 3.21. The summed E-state index contributed by atoms with van der Waals surface area (Å²) in [5.41, 5.74) is 1.91. The molecule has 29 heavy (non-hydrogen) atoms. The first-order chi connectivity index (χ1) is 14.0. The Morgan fingerprint density at radius 2 is 1.83 bits per heavy atom. The first-order valence-corrected chi connectivity index (χ1v) is 10.5. The van der Waals surface area contributed by atoms with Gasteiger partial charge in [-0.25, -0.2) is 0 Å². The first-order valence-electron chi connectivity index (χ1n) is 9.50. The van der Waals surface area contributed by atoms with E-state index in [1.54, 1.807) is 7.11 Å². The second kappa shape index (κ2) is 10.1. The maximum absolute atomic E-state index is 12.5. The van der Waals surface area contributed by atoms with E-state index in [9.17, 15) is 4.79 Å². The second-order valence-corrected chi connectivity index (χ2v) is 7.98. The van der Waals surface area contributed by atoms with Crippen LogP contribution in [-0.4, -0.2) is 29.0 Å². The number of ether oxygens (including phenoxy) is 1. The lowest BCUT2D eigenvalue weighted by Gasteiger charge is -2.21. The van der Waals surface area contributed by atoms with Crippen molar-refractivity contribution in [1.82, 2.24) is 15.5 Å². The number of aromatic nitrogens is 2. The zero-order valence-corrected chi connectivity index (χ0v) is 17.6. The van der Waals surface area contributed by atoms with Crippen LogP contribution >= 0.6 is 11.8 Å². The van der Waals surface area contributed by atoms with Crippen LogP contribution in [-0.2, 0) is 4.79 Å². The van der Waals surface area contributed by atoms with Gasteiger partial charge in [0.1, 0.15) is 5.75 Å². The number of hydrogen-bond acceptors (Lipinski definition) is 6. The topological polar surface area (TPSA) is 77.2 Å². The van der Waals surface area contributed by atoms with Crippen molar-refractivity contribution in [3.05, 3.63) is 60.2 Å². The maximum atomic E-state index is 12.5. The Bertz CT molecular complexity index is 911. The molecule has 3 rings (SSSR count). The molecule has 152 valence electrons. The van der Waals surface area contributed by atoms with Gasteiger partial charge >= 0.3 is 0 Å². The Morgan fingerprint density at radius 3 is 2.48 bits per heavy atom. The molecule has 0 radical (unpaired) electrons. The van der Waals surface area contributed by atoms with Crippen molar-refractivity contribution < 1.29 is 13.9 Å². The summed E-state index contributed by atoms with van der Waals surface area (Å²) in [6.45, 7) is 4.30. The van der Waals surface area contributed by atoms with Gasteiger partial charge in [0.2, 0.25) is 11.8 Å². The molecule has 0 saturated heterocycles. The van der Waals surface area contributed by atoms with Gasteiger partial charge in [-0.05, 0) is 42.2 Å². The normalized spacial score (nSPS) is 12.0. The minimum absolute atomic E-state index is 0.0122. The van der Waals surface area contributed by atoms with Gasteiger partial charge in [0.25, 0.3) is 5.22 Å². The monoisotopic (exact) mass is 411 g/mol. The highest BCUT2D eigenvalue weighted by molar-refractivity contribution is 7.99. The van der Waals surface area contributed by atoms with Crippen molar-refractivity contribution in [2.75, 3.05) is 12.9 Å². The van der Waals surface area contributed by atoms with E-state index < -0.39 is 0 Å². The van der Waals surface area contributed by atoms with Gasteiger partial charge in [0.05, 0.1) is 18.9 Å². The molecule has 0 fully saturated rings. The third-order valence-corrected chi connectivity index (χ3v) is 5.13. The van der Waals surface area contributed by atoms with Crippen molar-refractivity contribution >= 4 is 17.7 Å². The Kier molecular flexibility index (Phi) is 7.30. The van der Waals surface area contributed by atoms with E-state index in [-0.39, 0.29) is 17.7 Å². The molecule has 2 aromatic carbocycles. The van der Waals surface area contributed by atoms with Gasteiger partial charge in [-0.1, -0.05) is 55.9 Å². The van der Waals surface area contributed by atoms with E-state index in [4.69, 9.17) is 9.15 Å². The number of amides is 1. The molecule has 6 nitrogen and oxygen atoms in total. The van der Waals surface area contributed by atoms with Crippen LogP contribution in [0.1, 0.15) is 31.9 Å². The molecule has 1 amide bonds. The molecule has 3 aromatic rings. The van der Waals surface area contributed by atoms with Gasteiger partial charge in [-0.15, -0.1) is 10.2 Å². The predicted octanol–water partition coefficient (Wildman–Crippen LogP) is 4.74. The highest BCUT2D eigenvalue weighted by Gasteiger charge is 2.17. The first kappa shape index (κ1) is 20.9. The quantitative estimate of drug-likeness (QED) is 0.513. The van der Waals surface area contributed by atoms with E-state index in [2.05, 4.69) is 29.4 Å². The van der Waals surface area contributed by atoms with Crippen molar-refractivity contribution in [1.29, 1.82) is 0 Å². The molecule has 1 N–H and O–H groups in total. The molecular weight excluding hydrogens is 386 g/mol. The number of nitrogens with one attached hydrogen (secondary N) is 1. The number of hydrogen-bond donors (Lipinski definition) is 1. The van der Waals surface area contributed by atoms with E-state index in [1.807, 2.05) is 54.6 Å². The fourth-order valence-corrected chi connectivity index (χ4v) is 3.49. The number of carbonyl (C=O) groups is 1. The van der Waals surface area contributed by atoms with Gasteiger partial charge in [0.15, 0.2) is 0 Å². The number of thioether (sulfide) groups is 1. The van der Waals surface area contributed by atoms with Gasteiger partial charge in [0, 0.05) is 5.56 Å². The van der Waals surface area contributed by atoms with Crippen molar-refractivity contribution in [3.8, 4) is 17.2 Å². The standard InChI is InChI=1S/C22H25N3O3S/c1-15(2)13-19(16-7-5-4-6-8-16)23-20(26)14-29-22-25-24-21(28-22)17-9-11-18(27-3)12-10-17/h4-12,15,19H,13-14H2,1-3H3,(H,23,26)/t19-/m0/s1. The Hall–Kier alpha value is -2.80. The number of rotatable bonds is 9. The van der Waals surface area contributed by atoms with Crippen LogP contribution in [0.3, 0.4) is 0 Å². The molecule has 0 aliphatic heterocycles. The summed E-state index contributed by atoms with van der Waals surface area (Å²) in [4.78, 5) is 12.5. The fourth-order valence-electron chi connectivity index (χ4n) is 2.92. The zero-order valence-electron chi connectivity index (χ0n) is 16.8. The summed E-state index contributed by atoms with van der Waals surface area (Å²) in [6, 6.07) is 17.4. The Balaban J connectivity index is 1.57. The molecule has 7 heteroatoms. The minimum Gasteiger partial charge on any atom is -0.497 e. The van der Waals surface area contributed by atoms with Crippen LogP contribution in [0.5, 0.6) is 5.75 Å². The van der Waals surface area contributed by atoms with Crippen LogP contribution in [0.4, 0.5) is 0 Å². The van der Waals surface area contributed by atoms with E-state index >= 15 is 0 Å². The smallest absolute Gasteiger partial charge is 0.277 e. The molecule has 0 bridgehead atoms. The SMILES string of the molecule is COc1ccc(-c2nnc(SCC(=O)N[C@@H](CC(C)C)c3ccccc3)o2)cc1. The lowest BCUT2D eigenvalue weighted by atomic mass is 9.97. The summed E-state index contributed by atoms with van der Waals surface area (Å²) in [5.74, 6) is 1.79. The summed E-state index contributed by atoms with van der Waals surface area (Å²) >= 11 is 1.23. The summed E-state index contributed by atoms with van der Waals surface area (Å²) in [5, 5.41) is 11.6. The van der Waals surface area contributed by atoms with Crippen LogP contribution in [0.15, 0.2) is 64.2 Å². The zero-order chi connectivity index (χ0) is 20.6. The number of methoxy groups -OCH3 is 1. The van der Waals surface area contributed by atoms with Crippen molar-refractivity contribution in [3.63, 3.8) is 0 Å².